The summed E-state index contributed by atoms with van der Waals surface area (Å²) in [5, 5.41) is -1.24. The minimum absolute atomic E-state index is 0.383. The number of ether oxygens (including phenoxy) is 1. The molecular formula is C11H9ClF2O3. The van der Waals surface area contributed by atoms with Gasteiger partial charge in [-0.2, -0.15) is 0 Å². The quantitative estimate of drug-likeness (QED) is 0.475. The van der Waals surface area contributed by atoms with Crippen molar-refractivity contribution in [2.45, 2.75) is 12.3 Å². The minimum atomic E-state index is -1.24. The van der Waals surface area contributed by atoms with Crippen molar-refractivity contribution in [2.24, 2.45) is 0 Å². The summed E-state index contributed by atoms with van der Waals surface area (Å²) >= 11 is 5.62. The number of ketones is 1. The highest BCUT2D eigenvalue weighted by atomic mass is 35.5. The Morgan fingerprint density at radius 2 is 2.06 bits per heavy atom. The van der Waals surface area contributed by atoms with Crippen LogP contribution in [0, 0.1) is 11.6 Å². The Morgan fingerprint density at radius 1 is 1.41 bits per heavy atom. The molecule has 0 spiro atoms. The van der Waals surface area contributed by atoms with Gasteiger partial charge in [0, 0.05) is 6.92 Å². The first kappa shape index (κ1) is 13.6. The van der Waals surface area contributed by atoms with Gasteiger partial charge in [-0.05, 0) is 18.2 Å². The highest BCUT2D eigenvalue weighted by molar-refractivity contribution is 6.34. The number of hydrogen-bond donors (Lipinski definition) is 0. The first-order chi connectivity index (χ1) is 7.91. The lowest BCUT2D eigenvalue weighted by molar-refractivity contribution is -0.140. The lowest BCUT2D eigenvalue weighted by Gasteiger charge is -2.09. The maximum atomic E-state index is 13.2. The van der Waals surface area contributed by atoms with Crippen LogP contribution in [-0.2, 0) is 9.53 Å². The number of Topliss-reactive ketones (excluding diaryl/α,β-unsaturated/α-hetero) is 1. The van der Waals surface area contributed by atoms with E-state index in [1.165, 1.54) is 0 Å². The van der Waals surface area contributed by atoms with Crippen molar-refractivity contribution in [1.29, 1.82) is 0 Å². The molecule has 0 bridgehead atoms. The summed E-state index contributed by atoms with van der Waals surface area (Å²) in [5.74, 6) is -3.05. The van der Waals surface area contributed by atoms with Gasteiger partial charge in [0.05, 0.1) is 5.56 Å². The lowest BCUT2D eigenvalue weighted by atomic mass is 10.1. The van der Waals surface area contributed by atoms with Gasteiger partial charge in [-0.15, -0.1) is 11.6 Å². The number of carbonyl (C=O) groups excluding carboxylic acids is 2. The molecule has 0 fully saturated rings. The van der Waals surface area contributed by atoms with E-state index in [4.69, 9.17) is 11.6 Å². The Balaban J connectivity index is 2.81. The number of alkyl halides is 1. The standard InChI is InChI=1S/C11H9ClF2O3/c1-6(15)17-5-9(12)11(16)8-4-7(13)2-3-10(8)14/h2-4,9H,5H2,1H3. The summed E-state index contributed by atoms with van der Waals surface area (Å²) < 4.78 is 30.6. The molecule has 3 nitrogen and oxygen atoms in total. The molecule has 0 aliphatic heterocycles. The smallest absolute Gasteiger partial charge is 0.302 e. The van der Waals surface area contributed by atoms with Crippen LogP contribution in [0.3, 0.4) is 0 Å². The van der Waals surface area contributed by atoms with E-state index in [2.05, 4.69) is 4.74 Å². The third kappa shape index (κ3) is 3.78. The summed E-state index contributed by atoms with van der Waals surface area (Å²) in [6, 6.07) is 2.47. The first-order valence-electron chi connectivity index (χ1n) is 4.68. The number of benzene rings is 1. The minimum Gasteiger partial charge on any atom is -0.464 e. The second kappa shape index (κ2) is 5.72. The van der Waals surface area contributed by atoms with E-state index in [1.54, 1.807) is 0 Å². The van der Waals surface area contributed by atoms with Crippen molar-refractivity contribution in [1.82, 2.24) is 0 Å². The molecule has 1 aromatic carbocycles. The van der Waals surface area contributed by atoms with Gasteiger partial charge in [0.1, 0.15) is 23.6 Å². The fraction of sp³-hybridized carbons (Fsp3) is 0.273. The summed E-state index contributed by atoms with van der Waals surface area (Å²) in [5.41, 5.74) is -0.461. The maximum Gasteiger partial charge on any atom is 0.302 e. The van der Waals surface area contributed by atoms with Gasteiger partial charge in [-0.3, -0.25) is 9.59 Å². The Kier molecular flexibility index (Phi) is 4.57. The lowest BCUT2D eigenvalue weighted by Crippen LogP contribution is -2.23. The number of halogens is 3. The van der Waals surface area contributed by atoms with Crippen LogP contribution >= 0.6 is 11.6 Å². The van der Waals surface area contributed by atoms with Gasteiger partial charge < -0.3 is 4.74 Å². The van der Waals surface area contributed by atoms with Gasteiger partial charge >= 0.3 is 5.97 Å². The van der Waals surface area contributed by atoms with Gasteiger partial charge in [0.25, 0.3) is 0 Å². The average Bonchev–Trinajstić information content (AvgIpc) is 2.28. The third-order valence-corrected chi connectivity index (χ3v) is 2.24. The fourth-order valence-electron chi connectivity index (χ4n) is 1.12. The normalized spacial score (nSPS) is 12.0. The maximum absolute atomic E-state index is 13.2. The first-order valence-corrected chi connectivity index (χ1v) is 5.12. The Morgan fingerprint density at radius 3 is 2.65 bits per heavy atom. The van der Waals surface area contributed by atoms with Crippen molar-refractivity contribution < 1.29 is 23.1 Å². The Bertz CT molecular complexity index is 448. The highest BCUT2D eigenvalue weighted by Crippen LogP contribution is 2.15. The van der Waals surface area contributed by atoms with Crippen LogP contribution in [0.4, 0.5) is 8.78 Å². The topological polar surface area (TPSA) is 43.4 Å². The van der Waals surface area contributed by atoms with E-state index in [1.807, 2.05) is 0 Å². The van der Waals surface area contributed by atoms with E-state index in [9.17, 15) is 18.4 Å². The predicted octanol–water partition coefficient (Wildman–Crippen LogP) is 2.32. The molecule has 1 atom stereocenters. The average molecular weight is 263 g/mol. The van der Waals surface area contributed by atoms with Crippen molar-refractivity contribution in [3.63, 3.8) is 0 Å². The van der Waals surface area contributed by atoms with Crippen molar-refractivity contribution in [2.75, 3.05) is 6.61 Å². The van der Waals surface area contributed by atoms with Crippen LogP contribution in [0.25, 0.3) is 0 Å². The zero-order chi connectivity index (χ0) is 13.0. The van der Waals surface area contributed by atoms with Gasteiger partial charge in [0.15, 0.2) is 5.78 Å². The van der Waals surface area contributed by atoms with Gasteiger partial charge in [-0.25, -0.2) is 8.78 Å². The largest absolute Gasteiger partial charge is 0.464 e. The molecule has 0 N–H and O–H groups in total. The zero-order valence-corrected chi connectivity index (χ0v) is 9.63. The monoisotopic (exact) mass is 262 g/mol. The molecule has 0 aliphatic carbocycles. The van der Waals surface area contributed by atoms with Crippen molar-refractivity contribution in [3.8, 4) is 0 Å². The van der Waals surface area contributed by atoms with Crippen LogP contribution in [0.5, 0.6) is 0 Å². The molecular weight excluding hydrogens is 254 g/mol. The van der Waals surface area contributed by atoms with Crippen molar-refractivity contribution >= 4 is 23.4 Å². The fourth-order valence-corrected chi connectivity index (χ4v) is 1.30. The summed E-state index contributed by atoms with van der Waals surface area (Å²) in [6.45, 7) is 0.766. The van der Waals surface area contributed by atoms with Crippen LogP contribution in [0.15, 0.2) is 18.2 Å². The van der Waals surface area contributed by atoms with Crippen LogP contribution in [0.1, 0.15) is 17.3 Å². The molecule has 0 radical (unpaired) electrons. The molecule has 1 aromatic rings. The van der Waals surface area contributed by atoms with Crippen molar-refractivity contribution in [3.05, 3.63) is 35.4 Å². The number of rotatable bonds is 4. The molecule has 1 rings (SSSR count). The SMILES string of the molecule is CC(=O)OCC(Cl)C(=O)c1cc(F)ccc1F. The Labute approximate surface area is 101 Å². The summed E-state index contributed by atoms with van der Waals surface area (Å²) in [7, 11) is 0. The third-order valence-electron chi connectivity index (χ3n) is 1.91. The molecule has 0 amide bonds. The molecule has 1 unspecified atom stereocenters. The van der Waals surface area contributed by atoms with Crippen LogP contribution in [0.2, 0.25) is 0 Å². The molecule has 6 heteroatoms. The molecule has 92 valence electrons. The number of hydrogen-bond acceptors (Lipinski definition) is 3. The highest BCUT2D eigenvalue weighted by Gasteiger charge is 2.22. The molecule has 0 aliphatic rings. The number of carbonyl (C=O) groups is 2. The molecule has 0 saturated carbocycles. The second-order valence-electron chi connectivity index (χ2n) is 3.26. The summed E-state index contributed by atoms with van der Waals surface area (Å²) in [4.78, 5) is 22.1. The predicted molar refractivity (Wildman–Crippen MR) is 57.0 cm³/mol. The molecule has 17 heavy (non-hydrogen) atoms. The van der Waals surface area contributed by atoms with E-state index in [0.29, 0.717) is 0 Å². The van der Waals surface area contributed by atoms with Crippen LogP contribution < -0.4 is 0 Å². The van der Waals surface area contributed by atoms with Gasteiger partial charge in [0.2, 0.25) is 0 Å². The number of esters is 1. The van der Waals surface area contributed by atoms with E-state index in [-0.39, 0.29) is 6.61 Å². The second-order valence-corrected chi connectivity index (χ2v) is 3.79. The van der Waals surface area contributed by atoms with E-state index >= 15 is 0 Å². The van der Waals surface area contributed by atoms with E-state index < -0.39 is 34.3 Å². The Hall–Kier alpha value is -1.49. The van der Waals surface area contributed by atoms with E-state index in [0.717, 1.165) is 25.1 Å². The van der Waals surface area contributed by atoms with Crippen LogP contribution in [-0.4, -0.2) is 23.7 Å². The summed E-state index contributed by atoms with van der Waals surface area (Å²) in [6.07, 6.45) is 0. The molecule has 0 saturated heterocycles. The zero-order valence-electron chi connectivity index (χ0n) is 8.88. The molecule has 0 heterocycles. The molecule has 0 aromatic heterocycles. The van der Waals surface area contributed by atoms with Gasteiger partial charge in [-0.1, -0.05) is 0 Å².